The van der Waals surface area contributed by atoms with Crippen molar-refractivity contribution >= 4 is 53.0 Å². The number of halogens is 1. The Kier molecular flexibility index (Phi) is 4.92. The number of anilines is 1. The van der Waals surface area contributed by atoms with Crippen LogP contribution < -0.4 is 10.2 Å². The maximum atomic E-state index is 12.7. The molecule has 1 fully saturated rings. The minimum atomic E-state index is -0.785. The molecule has 4 amide bonds. The number of carbonyl (C=O) groups is 3. The Hall–Kier alpha value is -2.57. The van der Waals surface area contributed by atoms with Gasteiger partial charge in [-0.1, -0.05) is 23.7 Å². The van der Waals surface area contributed by atoms with Crippen molar-refractivity contribution < 1.29 is 14.4 Å². The smallest absolute Gasteiger partial charge is 0.273 e. The lowest BCUT2D eigenvalue weighted by molar-refractivity contribution is -0.122. The Morgan fingerprint density at radius 3 is 2.24 bits per heavy atom. The lowest BCUT2D eigenvalue weighted by atomic mass is 10.1. The maximum Gasteiger partial charge on any atom is 0.335 e. The first kappa shape index (κ1) is 17.3. The zero-order chi connectivity index (χ0) is 18.0. The molecule has 1 N–H and O–H groups in total. The van der Waals surface area contributed by atoms with Gasteiger partial charge in [-0.05, 0) is 54.3 Å². The number of thioether (sulfide) groups is 1. The largest absolute Gasteiger partial charge is 0.335 e. The van der Waals surface area contributed by atoms with Gasteiger partial charge >= 0.3 is 6.03 Å². The summed E-state index contributed by atoms with van der Waals surface area (Å²) in [5.41, 5.74) is 0.927. The summed E-state index contributed by atoms with van der Waals surface area (Å²) in [5.74, 6) is -1.39. The van der Waals surface area contributed by atoms with Crippen LogP contribution in [-0.2, 0) is 9.59 Å². The van der Waals surface area contributed by atoms with Crippen LogP contribution in [0.5, 0.6) is 0 Å². The summed E-state index contributed by atoms with van der Waals surface area (Å²) < 4.78 is 0. The average molecular weight is 373 g/mol. The van der Waals surface area contributed by atoms with Crippen molar-refractivity contribution in [2.45, 2.75) is 4.90 Å². The minimum Gasteiger partial charge on any atom is -0.273 e. The molecule has 0 aliphatic carbocycles. The Labute approximate surface area is 153 Å². The lowest BCUT2D eigenvalue weighted by Crippen LogP contribution is -2.54. The van der Waals surface area contributed by atoms with E-state index in [-0.39, 0.29) is 5.57 Å². The highest BCUT2D eigenvalue weighted by molar-refractivity contribution is 7.98. The SMILES string of the molecule is CSc1ccc(/C=C2/C(=O)NC(=O)N(c3ccc(Cl)cc3)C2=O)cc1. The molecule has 1 aliphatic rings. The van der Waals surface area contributed by atoms with Crippen molar-refractivity contribution in [2.24, 2.45) is 0 Å². The summed E-state index contributed by atoms with van der Waals surface area (Å²) in [5, 5.41) is 2.67. The number of benzene rings is 2. The molecule has 0 unspecified atom stereocenters. The number of barbiturate groups is 1. The number of carbonyl (C=O) groups excluding carboxylic acids is 3. The van der Waals surface area contributed by atoms with E-state index in [0.29, 0.717) is 16.3 Å². The first-order valence-electron chi connectivity index (χ1n) is 7.30. The molecule has 2 aromatic rings. The Bertz CT molecular complexity index is 876. The normalized spacial score (nSPS) is 16.3. The van der Waals surface area contributed by atoms with Crippen molar-refractivity contribution in [3.05, 3.63) is 64.7 Å². The van der Waals surface area contributed by atoms with Crippen LogP contribution in [0.25, 0.3) is 6.08 Å². The van der Waals surface area contributed by atoms with Crippen molar-refractivity contribution in [1.82, 2.24) is 5.32 Å². The number of rotatable bonds is 3. The molecule has 1 heterocycles. The van der Waals surface area contributed by atoms with E-state index in [1.54, 1.807) is 36.0 Å². The van der Waals surface area contributed by atoms with Gasteiger partial charge in [0.05, 0.1) is 5.69 Å². The van der Waals surface area contributed by atoms with Gasteiger partial charge in [0.1, 0.15) is 5.57 Å². The number of nitrogens with zero attached hydrogens (tertiary/aromatic N) is 1. The third-order valence-corrected chi connectivity index (χ3v) is 4.61. The number of urea groups is 1. The average Bonchev–Trinajstić information content (AvgIpc) is 2.60. The second-order valence-corrected chi connectivity index (χ2v) is 6.52. The van der Waals surface area contributed by atoms with Crippen LogP contribution in [0.3, 0.4) is 0 Å². The van der Waals surface area contributed by atoms with E-state index in [2.05, 4.69) is 5.32 Å². The van der Waals surface area contributed by atoms with Gasteiger partial charge < -0.3 is 0 Å². The fourth-order valence-electron chi connectivity index (χ4n) is 2.35. The molecule has 0 radical (unpaired) electrons. The van der Waals surface area contributed by atoms with E-state index >= 15 is 0 Å². The molecule has 1 saturated heterocycles. The van der Waals surface area contributed by atoms with E-state index in [4.69, 9.17) is 11.6 Å². The molecule has 2 aromatic carbocycles. The molecule has 0 atom stereocenters. The Balaban J connectivity index is 1.97. The summed E-state index contributed by atoms with van der Waals surface area (Å²) in [7, 11) is 0. The minimum absolute atomic E-state index is 0.105. The van der Waals surface area contributed by atoms with Crippen LogP contribution in [0.1, 0.15) is 5.56 Å². The van der Waals surface area contributed by atoms with Gasteiger partial charge in [0.25, 0.3) is 11.8 Å². The molecule has 3 rings (SSSR count). The molecule has 5 nitrogen and oxygen atoms in total. The topological polar surface area (TPSA) is 66.5 Å². The summed E-state index contributed by atoms with van der Waals surface area (Å²) in [6, 6.07) is 12.8. The van der Waals surface area contributed by atoms with Crippen molar-refractivity contribution in [1.29, 1.82) is 0 Å². The molecule has 0 aromatic heterocycles. The molecule has 0 spiro atoms. The predicted octanol–water partition coefficient (Wildman–Crippen LogP) is 3.73. The molecular formula is C18H13ClN2O3S. The number of hydrogen-bond acceptors (Lipinski definition) is 4. The fourth-order valence-corrected chi connectivity index (χ4v) is 2.88. The second-order valence-electron chi connectivity index (χ2n) is 5.21. The van der Waals surface area contributed by atoms with E-state index in [9.17, 15) is 14.4 Å². The third-order valence-electron chi connectivity index (χ3n) is 3.61. The number of hydrogen-bond donors (Lipinski definition) is 1. The van der Waals surface area contributed by atoms with Gasteiger partial charge in [0.2, 0.25) is 0 Å². The van der Waals surface area contributed by atoms with E-state index in [0.717, 1.165) is 9.80 Å². The highest BCUT2D eigenvalue weighted by Gasteiger charge is 2.36. The number of imide groups is 2. The zero-order valence-electron chi connectivity index (χ0n) is 13.2. The number of nitrogens with one attached hydrogen (secondary N) is 1. The maximum absolute atomic E-state index is 12.7. The molecule has 25 heavy (non-hydrogen) atoms. The van der Waals surface area contributed by atoms with Crippen LogP contribution in [0.4, 0.5) is 10.5 Å². The van der Waals surface area contributed by atoms with Crippen molar-refractivity contribution in [3.63, 3.8) is 0 Å². The van der Waals surface area contributed by atoms with Gasteiger partial charge in [-0.3, -0.25) is 14.9 Å². The summed E-state index contributed by atoms with van der Waals surface area (Å²) in [4.78, 5) is 38.9. The Morgan fingerprint density at radius 2 is 1.64 bits per heavy atom. The van der Waals surface area contributed by atoms with Gasteiger partial charge in [-0.15, -0.1) is 11.8 Å². The molecule has 7 heteroatoms. The number of amides is 4. The summed E-state index contributed by atoms with van der Waals surface area (Å²) in [6.07, 6.45) is 3.43. The highest BCUT2D eigenvalue weighted by atomic mass is 35.5. The fraction of sp³-hybridized carbons (Fsp3) is 0.0556. The molecule has 0 bridgehead atoms. The third kappa shape index (κ3) is 3.60. The predicted molar refractivity (Wildman–Crippen MR) is 98.7 cm³/mol. The Morgan fingerprint density at radius 1 is 1.00 bits per heavy atom. The van der Waals surface area contributed by atoms with Gasteiger partial charge in [0.15, 0.2) is 0 Å². The first-order valence-corrected chi connectivity index (χ1v) is 8.91. The van der Waals surface area contributed by atoms with E-state index in [1.165, 1.54) is 6.08 Å². The monoisotopic (exact) mass is 372 g/mol. The van der Waals surface area contributed by atoms with Gasteiger partial charge in [-0.25, -0.2) is 9.69 Å². The van der Waals surface area contributed by atoms with E-state index in [1.807, 2.05) is 30.5 Å². The van der Waals surface area contributed by atoms with Gasteiger partial charge in [0, 0.05) is 9.92 Å². The quantitative estimate of drug-likeness (QED) is 0.506. The zero-order valence-corrected chi connectivity index (χ0v) is 14.7. The molecule has 0 saturated carbocycles. The second kappa shape index (κ2) is 7.13. The van der Waals surface area contributed by atoms with Crippen LogP contribution >= 0.6 is 23.4 Å². The lowest BCUT2D eigenvalue weighted by Gasteiger charge is -2.26. The van der Waals surface area contributed by atoms with Crippen LogP contribution in [-0.4, -0.2) is 24.1 Å². The van der Waals surface area contributed by atoms with Gasteiger partial charge in [-0.2, -0.15) is 0 Å². The standard InChI is InChI=1S/C18H13ClN2O3S/c1-25-14-8-2-11(3-9-14)10-15-16(22)20-18(24)21(17(15)23)13-6-4-12(19)5-7-13/h2-10H,1H3,(H,20,22,24)/b15-10-. The van der Waals surface area contributed by atoms with Crippen LogP contribution in [0, 0.1) is 0 Å². The molecule has 126 valence electrons. The highest BCUT2D eigenvalue weighted by Crippen LogP contribution is 2.24. The summed E-state index contributed by atoms with van der Waals surface area (Å²) >= 11 is 7.43. The first-order chi connectivity index (χ1) is 12.0. The van der Waals surface area contributed by atoms with Crippen LogP contribution in [0.15, 0.2) is 59.0 Å². The van der Waals surface area contributed by atoms with Crippen molar-refractivity contribution in [2.75, 3.05) is 11.2 Å². The van der Waals surface area contributed by atoms with E-state index < -0.39 is 17.8 Å². The summed E-state index contributed by atoms with van der Waals surface area (Å²) in [6.45, 7) is 0. The van der Waals surface area contributed by atoms with Crippen molar-refractivity contribution in [3.8, 4) is 0 Å². The molecular weight excluding hydrogens is 360 g/mol. The van der Waals surface area contributed by atoms with Crippen LogP contribution in [0.2, 0.25) is 5.02 Å². The molecule has 1 aliphatic heterocycles.